The molecule has 0 spiro atoms. The second-order valence-corrected chi connectivity index (χ2v) is 6.07. The molecule has 3 rings (SSSR count). The lowest BCUT2D eigenvalue weighted by atomic mass is 10.1. The van der Waals surface area contributed by atoms with Crippen molar-refractivity contribution in [1.82, 2.24) is 14.7 Å². The van der Waals surface area contributed by atoms with Gasteiger partial charge in [0.15, 0.2) is 0 Å². The Bertz CT molecular complexity index is 804. The van der Waals surface area contributed by atoms with E-state index in [4.69, 9.17) is 16.7 Å². The van der Waals surface area contributed by atoms with E-state index in [1.165, 1.54) is 33.8 Å². The van der Waals surface area contributed by atoms with Gasteiger partial charge in [-0.2, -0.15) is 5.10 Å². The van der Waals surface area contributed by atoms with Crippen LogP contribution in [0.1, 0.15) is 22.5 Å². The minimum absolute atomic E-state index is 0.128. The Labute approximate surface area is 142 Å². The summed E-state index contributed by atoms with van der Waals surface area (Å²) >= 11 is 6.32. The van der Waals surface area contributed by atoms with Gasteiger partial charge in [0.25, 0.3) is 5.91 Å². The van der Waals surface area contributed by atoms with E-state index in [0.29, 0.717) is 24.3 Å². The van der Waals surface area contributed by atoms with Crippen LogP contribution in [-0.4, -0.2) is 44.8 Å². The number of carboxylic acids is 1. The number of carboxylic acid groups (broad SMARTS) is 1. The van der Waals surface area contributed by atoms with Crippen molar-refractivity contribution < 1.29 is 19.1 Å². The summed E-state index contributed by atoms with van der Waals surface area (Å²) in [5.41, 5.74) is 1.22. The molecule has 8 heteroatoms. The Morgan fingerprint density at radius 2 is 2.00 bits per heavy atom. The highest BCUT2D eigenvalue weighted by Gasteiger charge is 2.34. The molecule has 1 atom stereocenters. The minimum Gasteiger partial charge on any atom is -0.481 e. The van der Waals surface area contributed by atoms with Gasteiger partial charge < -0.3 is 10.0 Å². The van der Waals surface area contributed by atoms with Crippen LogP contribution in [-0.2, 0) is 4.79 Å². The molecular formula is C16H15ClFN3O3. The first kappa shape index (κ1) is 16.4. The number of aromatic nitrogens is 2. The maximum absolute atomic E-state index is 13.1. The van der Waals surface area contributed by atoms with Crippen molar-refractivity contribution in [2.45, 2.75) is 13.3 Å². The predicted octanol–water partition coefficient (Wildman–Crippen LogP) is 2.52. The lowest BCUT2D eigenvalue weighted by molar-refractivity contribution is -0.141. The third-order valence-electron chi connectivity index (χ3n) is 4.11. The molecule has 1 aliphatic rings. The van der Waals surface area contributed by atoms with E-state index < -0.39 is 11.9 Å². The molecule has 1 fully saturated rings. The average Bonchev–Trinajstić information content (AvgIpc) is 3.13. The lowest BCUT2D eigenvalue weighted by Crippen LogP contribution is -2.30. The van der Waals surface area contributed by atoms with Crippen LogP contribution in [0.3, 0.4) is 0 Å². The van der Waals surface area contributed by atoms with E-state index in [-0.39, 0.29) is 29.0 Å². The molecule has 1 amide bonds. The molecule has 2 aromatic rings. The second-order valence-electron chi connectivity index (χ2n) is 5.71. The molecule has 0 unspecified atom stereocenters. The van der Waals surface area contributed by atoms with E-state index >= 15 is 0 Å². The number of halogens is 2. The van der Waals surface area contributed by atoms with Crippen molar-refractivity contribution in [3.8, 4) is 5.69 Å². The Morgan fingerprint density at radius 3 is 2.58 bits per heavy atom. The molecule has 24 heavy (non-hydrogen) atoms. The zero-order valence-corrected chi connectivity index (χ0v) is 13.6. The standard InChI is InChI=1S/C16H15ClFN3O3/c1-9-13(15(22)20-7-6-10(8-20)16(23)24)14(17)21(19-9)12-4-2-11(18)3-5-12/h2-5,10H,6-8H2,1H3,(H,23,24)/t10-/m0/s1. The second kappa shape index (κ2) is 6.24. The fraction of sp³-hybridized carbons (Fsp3) is 0.312. The largest absolute Gasteiger partial charge is 0.481 e. The molecule has 126 valence electrons. The number of benzene rings is 1. The first-order valence-corrected chi connectivity index (χ1v) is 7.79. The number of amides is 1. The van der Waals surface area contributed by atoms with Gasteiger partial charge in [-0.1, -0.05) is 11.6 Å². The molecule has 1 saturated heterocycles. The zero-order valence-electron chi connectivity index (χ0n) is 12.9. The molecule has 2 heterocycles. The summed E-state index contributed by atoms with van der Waals surface area (Å²) in [6, 6.07) is 5.58. The molecule has 1 aromatic carbocycles. The van der Waals surface area contributed by atoms with Gasteiger partial charge in [-0.3, -0.25) is 9.59 Å². The van der Waals surface area contributed by atoms with Gasteiger partial charge in [0.1, 0.15) is 11.0 Å². The van der Waals surface area contributed by atoms with Gasteiger partial charge in [-0.15, -0.1) is 0 Å². The summed E-state index contributed by atoms with van der Waals surface area (Å²) in [6.07, 6.45) is 0.420. The summed E-state index contributed by atoms with van der Waals surface area (Å²) in [5.74, 6) is -2.18. The summed E-state index contributed by atoms with van der Waals surface area (Å²) < 4.78 is 14.4. The van der Waals surface area contributed by atoms with Gasteiger partial charge in [-0.25, -0.2) is 9.07 Å². The average molecular weight is 352 g/mol. The third-order valence-corrected chi connectivity index (χ3v) is 4.46. The van der Waals surface area contributed by atoms with Crippen LogP contribution < -0.4 is 0 Å². The maximum atomic E-state index is 13.1. The molecule has 0 bridgehead atoms. The minimum atomic E-state index is -0.907. The van der Waals surface area contributed by atoms with Gasteiger partial charge in [-0.05, 0) is 37.6 Å². The highest BCUT2D eigenvalue weighted by molar-refractivity contribution is 6.33. The molecule has 1 aromatic heterocycles. The molecule has 6 nitrogen and oxygen atoms in total. The topological polar surface area (TPSA) is 75.4 Å². The quantitative estimate of drug-likeness (QED) is 0.922. The van der Waals surface area contributed by atoms with Crippen LogP contribution in [0.5, 0.6) is 0 Å². The van der Waals surface area contributed by atoms with Crippen molar-refractivity contribution in [3.05, 3.63) is 46.5 Å². The molecule has 0 radical (unpaired) electrons. The Kier molecular flexibility index (Phi) is 4.28. The van der Waals surface area contributed by atoms with E-state index in [0.717, 1.165) is 0 Å². The Hall–Kier alpha value is -2.41. The van der Waals surface area contributed by atoms with Crippen LogP contribution in [0.15, 0.2) is 24.3 Å². The van der Waals surface area contributed by atoms with Gasteiger partial charge >= 0.3 is 5.97 Å². The number of rotatable bonds is 3. The summed E-state index contributed by atoms with van der Waals surface area (Å²) in [5, 5.41) is 13.4. The fourth-order valence-corrected chi connectivity index (χ4v) is 3.15. The summed E-state index contributed by atoms with van der Waals surface area (Å²) in [4.78, 5) is 25.2. The SMILES string of the molecule is Cc1nn(-c2ccc(F)cc2)c(Cl)c1C(=O)N1CC[C@H](C(=O)O)C1. The van der Waals surface area contributed by atoms with Crippen molar-refractivity contribution in [3.63, 3.8) is 0 Å². The first-order valence-electron chi connectivity index (χ1n) is 7.41. The molecule has 1 N–H and O–H groups in total. The number of aliphatic carboxylic acids is 1. The van der Waals surface area contributed by atoms with Crippen LogP contribution in [0, 0.1) is 18.7 Å². The van der Waals surface area contributed by atoms with E-state index in [2.05, 4.69) is 5.10 Å². The number of hydrogen-bond donors (Lipinski definition) is 1. The lowest BCUT2D eigenvalue weighted by Gasteiger charge is -2.15. The highest BCUT2D eigenvalue weighted by Crippen LogP contribution is 2.27. The fourth-order valence-electron chi connectivity index (χ4n) is 2.80. The molecule has 1 aliphatic heterocycles. The normalized spacial score (nSPS) is 17.3. The number of nitrogens with zero attached hydrogens (tertiary/aromatic N) is 3. The molecule has 0 saturated carbocycles. The smallest absolute Gasteiger partial charge is 0.308 e. The number of likely N-dealkylation sites (tertiary alicyclic amines) is 1. The van der Waals surface area contributed by atoms with Crippen LogP contribution in [0.2, 0.25) is 5.15 Å². The number of carbonyl (C=O) groups excluding carboxylic acids is 1. The van der Waals surface area contributed by atoms with Crippen LogP contribution >= 0.6 is 11.6 Å². The summed E-state index contributed by atoms with van der Waals surface area (Å²) in [6.45, 7) is 2.18. The summed E-state index contributed by atoms with van der Waals surface area (Å²) in [7, 11) is 0. The van der Waals surface area contributed by atoms with Gasteiger partial charge in [0, 0.05) is 13.1 Å². The number of carbonyl (C=O) groups is 2. The van der Waals surface area contributed by atoms with E-state index in [1.54, 1.807) is 6.92 Å². The van der Waals surface area contributed by atoms with Crippen molar-refractivity contribution in [1.29, 1.82) is 0 Å². The Balaban J connectivity index is 1.91. The van der Waals surface area contributed by atoms with Crippen LogP contribution in [0.25, 0.3) is 5.69 Å². The van der Waals surface area contributed by atoms with Crippen LogP contribution in [0.4, 0.5) is 4.39 Å². The van der Waals surface area contributed by atoms with E-state index in [9.17, 15) is 14.0 Å². The predicted molar refractivity (Wildman–Crippen MR) is 84.9 cm³/mol. The molecule has 0 aliphatic carbocycles. The van der Waals surface area contributed by atoms with E-state index in [1.807, 2.05) is 0 Å². The van der Waals surface area contributed by atoms with Gasteiger partial charge in [0.2, 0.25) is 0 Å². The van der Waals surface area contributed by atoms with Gasteiger partial charge in [0.05, 0.1) is 22.9 Å². The third kappa shape index (κ3) is 2.87. The monoisotopic (exact) mass is 351 g/mol. The highest BCUT2D eigenvalue weighted by atomic mass is 35.5. The molecular weight excluding hydrogens is 337 g/mol. The zero-order chi connectivity index (χ0) is 17.4. The maximum Gasteiger partial charge on any atom is 0.308 e. The van der Waals surface area contributed by atoms with Crippen molar-refractivity contribution in [2.75, 3.05) is 13.1 Å². The van der Waals surface area contributed by atoms with Crippen molar-refractivity contribution in [2.24, 2.45) is 5.92 Å². The Morgan fingerprint density at radius 1 is 1.33 bits per heavy atom. The first-order chi connectivity index (χ1) is 11.4. The van der Waals surface area contributed by atoms with Crippen molar-refractivity contribution >= 4 is 23.5 Å². The number of aryl methyl sites for hydroxylation is 1. The number of hydrogen-bond acceptors (Lipinski definition) is 3.